The van der Waals surface area contributed by atoms with Crippen LogP contribution in [0.4, 0.5) is 35.1 Å². The lowest BCUT2D eigenvalue weighted by molar-refractivity contribution is -0.374. The summed E-state index contributed by atoms with van der Waals surface area (Å²) < 4.78 is 85.7. The van der Waals surface area contributed by atoms with Crippen LogP contribution in [0.5, 0.6) is 0 Å². The first kappa shape index (κ1) is 16.8. The van der Waals surface area contributed by atoms with Gasteiger partial charge in [-0.05, 0) is 0 Å². The molecule has 0 spiro atoms. The van der Waals surface area contributed by atoms with Gasteiger partial charge in [0.25, 0.3) is 0 Å². The average Bonchev–Trinajstić information content (AvgIpc) is 1.79. The molecule has 2 nitrogen and oxygen atoms in total. The van der Waals surface area contributed by atoms with Gasteiger partial charge in [0.05, 0.1) is 13.0 Å². The molecule has 0 unspecified atom stereocenters. The third kappa shape index (κ3) is 11.3. The Morgan fingerprint density at radius 2 is 1.07 bits per heavy atom. The minimum atomic E-state index is -5.84. The first-order valence-electron chi connectivity index (χ1n) is 3.16. The molecule has 0 aromatic carbocycles. The van der Waals surface area contributed by atoms with Crippen LogP contribution in [-0.2, 0) is 0 Å². The van der Waals surface area contributed by atoms with Gasteiger partial charge in [-0.15, -0.1) is 0 Å². The summed E-state index contributed by atoms with van der Waals surface area (Å²) in [4.78, 5) is 0. The van der Waals surface area contributed by atoms with Crippen LogP contribution >= 0.6 is 0 Å². The van der Waals surface area contributed by atoms with E-state index in [1.807, 2.05) is 0 Å². The second-order valence-corrected chi connectivity index (χ2v) is 2.13. The smallest absolute Gasteiger partial charge is 0.396 e. The minimum Gasteiger partial charge on any atom is -0.396 e. The van der Waals surface area contributed by atoms with E-state index in [1.165, 1.54) is 0 Å². The summed E-state index contributed by atoms with van der Waals surface area (Å²) in [6, 6.07) is 0. The van der Waals surface area contributed by atoms with Crippen LogP contribution in [0.25, 0.3) is 0 Å². The highest BCUT2D eigenvalue weighted by molar-refractivity contribution is 4.59. The lowest BCUT2D eigenvalue weighted by atomic mass is 10.5. The van der Waals surface area contributed by atoms with E-state index in [9.17, 15) is 35.1 Å². The summed E-state index contributed by atoms with van der Waals surface area (Å²) in [5.41, 5.74) is 0. The second kappa shape index (κ2) is 5.45. The molecule has 15 heavy (non-hydrogen) atoms. The van der Waals surface area contributed by atoms with Crippen LogP contribution in [0.3, 0.4) is 0 Å². The van der Waals surface area contributed by atoms with Crippen molar-refractivity contribution < 1.29 is 45.3 Å². The third-order valence-electron chi connectivity index (χ3n) is 0.736. The van der Waals surface area contributed by atoms with E-state index in [2.05, 4.69) is 0 Å². The van der Waals surface area contributed by atoms with Gasteiger partial charge in [0.15, 0.2) is 0 Å². The number of halogens is 8. The van der Waals surface area contributed by atoms with E-state index in [0.717, 1.165) is 0 Å². The van der Waals surface area contributed by atoms with E-state index in [4.69, 9.17) is 10.2 Å². The highest BCUT2D eigenvalue weighted by Gasteiger charge is 2.56. The highest BCUT2D eigenvalue weighted by Crippen LogP contribution is 2.32. The maximum atomic E-state index is 10.9. The third-order valence-corrected chi connectivity index (χ3v) is 0.736. The van der Waals surface area contributed by atoms with Gasteiger partial charge in [-0.3, -0.25) is 0 Å². The number of hydrogen-bond acceptors (Lipinski definition) is 2. The summed E-state index contributed by atoms with van der Waals surface area (Å²) in [5.74, 6) is 0. The second-order valence-electron chi connectivity index (χ2n) is 2.13. The molecule has 94 valence electrons. The molecular formula is C5H6F8O2. The molecule has 2 N–H and O–H groups in total. The monoisotopic (exact) mass is 250 g/mol. The molecule has 0 aromatic rings. The molecule has 0 aliphatic rings. The fourth-order valence-electron chi connectivity index (χ4n) is 0.127. The molecule has 0 atom stereocenters. The van der Waals surface area contributed by atoms with Crippen molar-refractivity contribution in [1.29, 1.82) is 0 Å². The van der Waals surface area contributed by atoms with Crippen molar-refractivity contribution in [3.63, 3.8) is 0 Å². The van der Waals surface area contributed by atoms with Gasteiger partial charge in [-0.2, -0.15) is 35.1 Å². The molecule has 0 fully saturated rings. The van der Waals surface area contributed by atoms with Gasteiger partial charge in [0.1, 0.15) is 0 Å². The van der Waals surface area contributed by atoms with Crippen molar-refractivity contribution in [1.82, 2.24) is 0 Å². The quantitative estimate of drug-likeness (QED) is 0.699. The van der Waals surface area contributed by atoms with Crippen LogP contribution < -0.4 is 0 Å². The molecule has 10 heteroatoms. The molecule has 0 saturated carbocycles. The van der Waals surface area contributed by atoms with Gasteiger partial charge in [0.2, 0.25) is 0 Å². The van der Waals surface area contributed by atoms with Gasteiger partial charge in [-0.1, -0.05) is 0 Å². The Morgan fingerprint density at radius 1 is 0.800 bits per heavy atom. The van der Waals surface area contributed by atoms with Crippen LogP contribution in [0, 0.1) is 0 Å². The number of aliphatic hydroxyl groups is 2. The van der Waals surface area contributed by atoms with Crippen molar-refractivity contribution in [3.05, 3.63) is 0 Å². The molecule has 0 rings (SSSR count). The Labute approximate surface area is 78.1 Å². The van der Waals surface area contributed by atoms with E-state index < -0.39 is 31.5 Å². The minimum absolute atomic E-state index is 0.816. The Morgan fingerprint density at radius 3 is 1.07 bits per heavy atom. The van der Waals surface area contributed by atoms with Gasteiger partial charge >= 0.3 is 18.5 Å². The normalized spacial score (nSPS) is 13.2. The lowest BCUT2D eigenvalue weighted by Crippen LogP contribution is -2.35. The number of hydrogen-bond donors (Lipinski definition) is 2. The number of alkyl halides is 8. The molecule has 0 bridgehead atoms. The van der Waals surface area contributed by atoms with Crippen molar-refractivity contribution in [2.75, 3.05) is 6.61 Å². The molecule has 0 heterocycles. The summed E-state index contributed by atoms with van der Waals surface area (Å²) in [7, 11) is 0. The topological polar surface area (TPSA) is 40.5 Å². The van der Waals surface area contributed by atoms with E-state index in [1.54, 1.807) is 0 Å². The maximum Gasteiger partial charge on any atom is 0.482 e. The Bertz CT molecular complexity index is 153. The molecule has 0 aliphatic carbocycles. The van der Waals surface area contributed by atoms with Crippen LogP contribution in [0.1, 0.15) is 6.42 Å². The zero-order valence-electron chi connectivity index (χ0n) is 6.83. The van der Waals surface area contributed by atoms with Crippen LogP contribution in [0.2, 0.25) is 0 Å². The fourth-order valence-corrected chi connectivity index (χ4v) is 0.127. The number of rotatable bonds is 1. The largest absolute Gasteiger partial charge is 0.482 e. The maximum absolute atomic E-state index is 10.9. The lowest BCUT2D eigenvalue weighted by Gasteiger charge is -2.10. The zero-order valence-corrected chi connectivity index (χ0v) is 6.83. The number of aliphatic hydroxyl groups excluding tert-OH is 1. The van der Waals surface area contributed by atoms with Crippen LogP contribution in [0.15, 0.2) is 0 Å². The fraction of sp³-hybridized carbons (Fsp3) is 1.00. The average molecular weight is 250 g/mol. The SMILES string of the molecule is OC(F)(F)C(F)(F)F.OCCC(F)(F)F. The first-order chi connectivity index (χ1) is 6.31. The summed E-state index contributed by atoms with van der Waals surface area (Å²) in [5, 5.41) is 14.6. The first-order valence-corrected chi connectivity index (χ1v) is 3.16. The molecule has 0 aromatic heterocycles. The van der Waals surface area contributed by atoms with E-state index in [-0.39, 0.29) is 0 Å². The summed E-state index contributed by atoms with van der Waals surface area (Å²) in [6.45, 7) is -0.816. The zero-order chi connectivity index (χ0) is 12.9. The summed E-state index contributed by atoms with van der Waals surface area (Å²) >= 11 is 0. The molecule has 0 radical (unpaired) electrons. The summed E-state index contributed by atoms with van der Waals surface area (Å²) in [6.07, 6.45) is -16.7. The standard InChI is InChI=1S/C3H5F3O.C2HF5O/c4-3(5,6)1-2-7;3-1(4,5)2(6,7)8/h7H,1-2H2;8H. The van der Waals surface area contributed by atoms with E-state index >= 15 is 0 Å². The Balaban J connectivity index is 0. The van der Waals surface area contributed by atoms with E-state index in [0.29, 0.717) is 0 Å². The van der Waals surface area contributed by atoms with Gasteiger partial charge in [-0.25, -0.2) is 0 Å². The van der Waals surface area contributed by atoms with Gasteiger partial charge < -0.3 is 10.2 Å². The Kier molecular flexibility index (Phi) is 6.09. The highest BCUT2D eigenvalue weighted by atomic mass is 19.4. The molecule has 0 aliphatic heterocycles. The Hall–Kier alpha value is -0.640. The molecular weight excluding hydrogens is 244 g/mol. The van der Waals surface area contributed by atoms with Crippen molar-refractivity contribution in [2.24, 2.45) is 0 Å². The molecule has 0 saturated heterocycles. The van der Waals surface area contributed by atoms with Crippen molar-refractivity contribution >= 4 is 0 Å². The van der Waals surface area contributed by atoms with Crippen LogP contribution in [-0.4, -0.2) is 35.3 Å². The van der Waals surface area contributed by atoms with Crippen molar-refractivity contribution in [3.8, 4) is 0 Å². The predicted molar refractivity (Wildman–Crippen MR) is 31.0 cm³/mol. The van der Waals surface area contributed by atoms with Gasteiger partial charge in [0, 0.05) is 0 Å². The molecule has 0 amide bonds. The van der Waals surface area contributed by atoms with Crippen molar-refractivity contribution in [2.45, 2.75) is 24.9 Å². The predicted octanol–water partition coefficient (Wildman–Crippen LogP) is 2.06.